The second kappa shape index (κ2) is 10.6. The van der Waals surface area contributed by atoms with Crippen LogP contribution in [0.5, 0.6) is 0 Å². The molecule has 0 unspecified atom stereocenters. The average Bonchev–Trinajstić information content (AvgIpc) is 3.62. The molecule has 2 heterocycles. The number of para-hydroxylation sites is 4. The first-order valence-electron chi connectivity index (χ1n) is 15.4. The predicted octanol–water partition coefficient (Wildman–Crippen LogP) is 11.6. The average molecular weight is 631 g/mol. The Morgan fingerprint density at radius 2 is 1.17 bits per heavy atom. The van der Waals surface area contributed by atoms with Gasteiger partial charge in [-0.05, 0) is 73.0 Å². The summed E-state index contributed by atoms with van der Waals surface area (Å²) in [7, 11) is 0. The second-order valence-electron chi connectivity index (χ2n) is 12.0. The summed E-state index contributed by atoms with van der Waals surface area (Å²) in [4.78, 5) is 3.35. The summed E-state index contributed by atoms with van der Waals surface area (Å²) < 4.78 is 46.6. The molecule has 6 aromatic carbocycles. The lowest BCUT2D eigenvalue weighted by Crippen LogP contribution is -2.07. The number of hydrogen-bond donors (Lipinski definition) is 0. The van der Waals surface area contributed by atoms with E-state index in [2.05, 4.69) is 57.3 Å². The number of halogens is 3. The first kappa shape index (κ1) is 29.1. The van der Waals surface area contributed by atoms with Gasteiger partial charge in [-0.1, -0.05) is 72.8 Å². The van der Waals surface area contributed by atoms with Gasteiger partial charge in [-0.25, -0.2) is 4.85 Å². The minimum Gasteiger partial charge on any atom is -0.307 e. The number of fused-ring (bicyclic) bond motifs is 6. The van der Waals surface area contributed by atoms with Crippen molar-refractivity contribution in [3.05, 3.63) is 149 Å². The van der Waals surface area contributed by atoms with Crippen LogP contribution in [-0.2, 0) is 6.18 Å². The molecule has 0 aliphatic heterocycles. The van der Waals surface area contributed by atoms with E-state index in [4.69, 9.17) is 6.57 Å². The van der Waals surface area contributed by atoms with Gasteiger partial charge in [-0.15, -0.1) is 0 Å². The van der Waals surface area contributed by atoms with Crippen molar-refractivity contribution in [2.24, 2.45) is 0 Å². The third-order valence-corrected chi connectivity index (χ3v) is 9.20. The fraction of sp³-hybridized carbons (Fsp3) is 0.0732. The Morgan fingerprint density at radius 1 is 0.646 bits per heavy atom. The summed E-state index contributed by atoms with van der Waals surface area (Å²) in [5.41, 5.74) is 6.81. The maximum Gasteiger partial charge on any atom is 0.415 e. The van der Waals surface area contributed by atoms with Crippen LogP contribution in [0.4, 0.5) is 18.9 Å². The van der Waals surface area contributed by atoms with Crippen molar-refractivity contribution in [2.45, 2.75) is 20.0 Å². The summed E-state index contributed by atoms with van der Waals surface area (Å²) in [6, 6.07) is 37.6. The topological polar surface area (TPSA) is 38.0 Å². The molecule has 0 atom stereocenters. The van der Waals surface area contributed by atoms with Gasteiger partial charge in [0.15, 0.2) is 5.69 Å². The monoisotopic (exact) mass is 630 g/mol. The Hall–Kier alpha value is -6.31. The fourth-order valence-electron chi connectivity index (χ4n) is 7.14. The number of alkyl halides is 3. The van der Waals surface area contributed by atoms with Crippen molar-refractivity contribution in [2.75, 3.05) is 0 Å². The molecule has 0 spiro atoms. The minimum atomic E-state index is -4.67. The van der Waals surface area contributed by atoms with E-state index in [0.29, 0.717) is 16.9 Å². The molecular weight excluding hydrogens is 605 g/mol. The number of hydrogen-bond acceptors (Lipinski definition) is 1. The van der Waals surface area contributed by atoms with Gasteiger partial charge in [-0.3, -0.25) is 0 Å². The number of aromatic nitrogens is 2. The SMILES string of the molecule is [C-]#[N+]c1cc(-c2cc(-n3c4ccccc4c4cccc(C)c43)c(-n3c4ccccc4c4cccc(C)c43)cc2C#N)cc(C(F)(F)F)c1. The zero-order valence-electron chi connectivity index (χ0n) is 25.9. The lowest BCUT2D eigenvalue weighted by molar-refractivity contribution is -0.137. The highest BCUT2D eigenvalue weighted by atomic mass is 19.4. The van der Waals surface area contributed by atoms with Gasteiger partial charge < -0.3 is 9.13 Å². The van der Waals surface area contributed by atoms with E-state index in [1.165, 1.54) is 6.07 Å². The molecule has 0 saturated carbocycles. The Kier molecular flexibility index (Phi) is 6.44. The van der Waals surface area contributed by atoms with Crippen LogP contribution < -0.4 is 0 Å². The van der Waals surface area contributed by atoms with Crippen LogP contribution in [0.3, 0.4) is 0 Å². The van der Waals surface area contributed by atoms with E-state index < -0.39 is 11.7 Å². The largest absolute Gasteiger partial charge is 0.415 e. The summed E-state index contributed by atoms with van der Waals surface area (Å²) in [5, 5.41) is 14.8. The maximum atomic E-state index is 14.1. The molecule has 0 bridgehead atoms. The van der Waals surface area contributed by atoms with Gasteiger partial charge in [-0.2, -0.15) is 18.4 Å². The van der Waals surface area contributed by atoms with Gasteiger partial charge in [0.25, 0.3) is 0 Å². The van der Waals surface area contributed by atoms with Gasteiger partial charge in [0.2, 0.25) is 0 Å². The number of nitrogens with zero attached hydrogens (tertiary/aromatic N) is 4. The third kappa shape index (κ3) is 4.29. The van der Waals surface area contributed by atoms with Crippen LogP contribution >= 0.6 is 0 Å². The molecule has 4 nitrogen and oxygen atoms in total. The molecule has 0 saturated heterocycles. The van der Waals surface area contributed by atoms with Crippen LogP contribution in [0.25, 0.3) is 71.0 Å². The molecule has 8 rings (SSSR count). The number of rotatable bonds is 3. The normalized spacial score (nSPS) is 11.8. The molecule has 0 fully saturated rings. The fourth-order valence-corrected chi connectivity index (χ4v) is 7.14. The highest BCUT2D eigenvalue weighted by molar-refractivity contribution is 6.12. The lowest BCUT2D eigenvalue weighted by atomic mass is 9.95. The first-order valence-corrected chi connectivity index (χ1v) is 15.4. The molecule has 7 heteroatoms. The third-order valence-electron chi connectivity index (χ3n) is 9.20. The molecule has 230 valence electrons. The van der Waals surface area contributed by atoms with Gasteiger partial charge in [0, 0.05) is 32.7 Å². The van der Waals surface area contributed by atoms with Crippen molar-refractivity contribution in [3.8, 4) is 28.6 Å². The number of aryl methyl sites for hydroxylation is 2. The van der Waals surface area contributed by atoms with E-state index in [-0.39, 0.29) is 16.8 Å². The molecule has 0 aliphatic carbocycles. The van der Waals surface area contributed by atoms with Crippen molar-refractivity contribution in [1.29, 1.82) is 5.26 Å². The van der Waals surface area contributed by atoms with Gasteiger partial charge >= 0.3 is 6.18 Å². The molecule has 0 radical (unpaired) electrons. The summed E-state index contributed by atoms with van der Waals surface area (Å²) >= 11 is 0. The van der Waals surface area contributed by atoms with Crippen LogP contribution in [0, 0.1) is 31.8 Å². The number of nitriles is 1. The quantitative estimate of drug-likeness (QED) is 0.179. The molecular formula is C41H25F3N4. The molecule has 0 amide bonds. The van der Waals surface area contributed by atoms with Crippen LogP contribution in [0.1, 0.15) is 22.3 Å². The predicted molar refractivity (Wildman–Crippen MR) is 186 cm³/mol. The van der Waals surface area contributed by atoms with Gasteiger partial charge in [0.1, 0.15) is 0 Å². The van der Waals surface area contributed by atoms with E-state index in [1.807, 2.05) is 67.6 Å². The smallest absolute Gasteiger partial charge is 0.307 e. The highest BCUT2D eigenvalue weighted by Gasteiger charge is 2.32. The van der Waals surface area contributed by atoms with Crippen molar-refractivity contribution in [3.63, 3.8) is 0 Å². The summed E-state index contributed by atoms with van der Waals surface area (Å²) in [6.07, 6.45) is -4.67. The summed E-state index contributed by atoms with van der Waals surface area (Å²) in [5.74, 6) is 0. The molecule has 0 N–H and O–H groups in total. The van der Waals surface area contributed by atoms with E-state index in [1.54, 1.807) is 6.07 Å². The molecule has 2 aromatic heterocycles. The Balaban J connectivity index is 1.60. The van der Waals surface area contributed by atoms with Crippen molar-refractivity contribution >= 4 is 49.3 Å². The van der Waals surface area contributed by atoms with E-state index in [9.17, 15) is 18.4 Å². The van der Waals surface area contributed by atoms with Crippen LogP contribution in [0.2, 0.25) is 0 Å². The molecule has 0 aliphatic rings. The van der Waals surface area contributed by atoms with E-state index >= 15 is 0 Å². The summed E-state index contributed by atoms with van der Waals surface area (Å²) in [6.45, 7) is 11.6. The van der Waals surface area contributed by atoms with Crippen molar-refractivity contribution in [1.82, 2.24) is 9.13 Å². The Labute approximate surface area is 273 Å². The zero-order chi connectivity index (χ0) is 33.3. The van der Waals surface area contributed by atoms with E-state index in [0.717, 1.165) is 66.9 Å². The highest BCUT2D eigenvalue weighted by Crippen LogP contribution is 2.43. The lowest BCUT2D eigenvalue weighted by Gasteiger charge is -2.21. The van der Waals surface area contributed by atoms with Crippen LogP contribution in [0.15, 0.2) is 115 Å². The maximum absolute atomic E-state index is 14.1. The number of benzene rings is 6. The van der Waals surface area contributed by atoms with Crippen LogP contribution in [-0.4, -0.2) is 9.13 Å². The molecule has 8 aromatic rings. The minimum absolute atomic E-state index is 0.149. The Morgan fingerprint density at radius 3 is 1.69 bits per heavy atom. The standard InChI is InChI=1S/C41H25F3N4/c1-24-10-8-14-32-30-12-4-6-16-35(30)47(39(24)32)37-20-27(23-45)34(26-18-28(41(42,43)44)21-29(19-26)46-3)22-38(37)48-36-17-7-5-13-31(36)33-15-9-11-25(2)40(33)48/h4-22H,1-2H3. The second-order valence-corrected chi connectivity index (χ2v) is 12.0. The Bertz CT molecular complexity index is 2710. The molecule has 48 heavy (non-hydrogen) atoms. The first-order chi connectivity index (χ1) is 23.2. The van der Waals surface area contributed by atoms with Crippen molar-refractivity contribution < 1.29 is 13.2 Å². The van der Waals surface area contributed by atoms with Gasteiger partial charge in [0.05, 0.1) is 51.6 Å². The zero-order valence-corrected chi connectivity index (χ0v) is 25.9.